The van der Waals surface area contributed by atoms with Crippen LogP contribution in [0.25, 0.3) is 0 Å². The number of nitro groups is 2. The molecule has 9 nitrogen and oxygen atoms in total. The Morgan fingerprint density at radius 1 is 1.30 bits per heavy atom. The number of anilines is 1. The molecule has 1 aliphatic heterocycles. The van der Waals surface area contributed by atoms with Crippen molar-refractivity contribution in [2.24, 2.45) is 5.92 Å². The molecule has 0 bridgehead atoms. The number of benzene rings is 1. The Morgan fingerprint density at radius 3 is 2.52 bits per heavy atom. The van der Waals surface area contributed by atoms with Gasteiger partial charge in [0.05, 0.1) is 28.6 Å². The fourth-order valence-corrected chi connectivity index (χ4v) is 2.84. The van der Waals surface area contributed by atoms with Gasteiger partial charge in [-0.05, 0) is 18.8 Å². The summed E-state index contributed by atoms with van der Waals surface area (Å²) in [7, 11) is 1.13. The second-order valence-electron chi connectivity index (χ2n) is 5.56. The Bertz CT molecular complexity index is 660. The van der Waals surface area contributed by atoms with E-state index in [0.717, 1.165) is 32.1 Å². The lowest BCUT2D eigenvalue weighted by Gasteiger charge is -2.33. The van der Waals surface area contributed by atoms with Crippen LogP contribution in [0.1, 0.15) is 30.1 Å². The molecule has 1 aromatic carbocycles. The molecule has 1 aliphatic rings. The first kappa shape index (κ1) is 16.7. The summed E-state index contributed by atoms with van der Waals surface area (Å²) >= 11 is 0. The summed E-state index contributed by atoms with van der Waals surface area (Å²) in [5.41, 5.74) is -1.01. The summed E-state index contributed by atoms with van der Waals surface area (Å²) in [5.74, 6) is -0.519. The molecule has 0 aromatic heterocycles. The monoisotopic (exact) mass is 323 g/mol. The normalized spacial score (nSPS) is 17.7. The number of carbonyl (C=O) groups is 1. The summed E-state index contributed by atoms with van der Waals surface area (Å²) in [6, 6.07) is 1.93. The van der Waals surface area contributed by atoms with Gasteiger partial charge in [0.1, 0.15) is 5.69 Å². The predicted octanol–water partition coefficient (Wildman–Crippen LogP) is 2.53. The zero-order valence-electron chi connectivity index (χ0n) is 12.9. The van der Waals surface area contributed by atoms with Crippen LogP contribution >= 0.6 is 0 Å². The molecule has 1 saturated heterocycles. The minimum atomic E-state index is -0.829. The highest BCUT2D eigenvalue weighted by Gasteiger charge is 2.32. The number of hydrogen-bond donors (Lipinski definition) is 0. The lowest BCUT2D eigenvalue weighted by molar-refractivity contribution is -0.393. The number of rotatable bonds is 4. The van der Waals surface area contributed by atoms with Gasteiger partial charge in [-0.1, -0.05) is 6.92 Å². The first-order chi connectivity index (χ1) is 10.8. The van der Waals surface area contributed by atoms with Gasteiger partial charge in [0, 0.05) is 19.2 Å². The summed E-state index contributed by atoms with van der Waals surface area (Å²) in [6.45, 7) is 3.11. The number of nitrogens with zero attached hydrogens (tertiary/aromatic N) is 3. The summed E-state index contributed by atoms with van der Waals surface area (Å²) < 4.78 is 4.65. The van der Waals surface area contributed by atoms with Gasteiger partial charge in [0.25, 0.3) is 11.4 Å². The molecule has 124 valence electrons. The molecule has 9 heteroatoms. The average Bonchev–Trinajstić information content (AvgIpc) is 2.52. The van der Waals surface area contributed by atoms with Crippen LogP contribution in [0.4, 0.5) is 17.1 Å². The van der Waals surface area contributed by atoms with Crippen LogP contribution in [0.15, 0.2) is 12.1 Å². The number of ether oxygens (including phenoxy) is 1. The third kappa shape index (κ3) is 3.38. The van der Waals surface area contributed by atoms with Gasteiger partial charge in [-0.2, -0.15) is 0 Å². The Morgan fingerprint density at radius 2 is 2.00 bits per heavy atom. The van der Waals surface area contributed by atoms with E-state index in [4.69, 9.17) is 0 Å². The minimum absolute atomic E-state index is 0.0963. The highest BCUT2D eigenvalue weighted by Crippen LogP contribution is 2.38. The van der Waals surface area contributed by atoms with Crippen LogP contribution < -0.4 is 4.90 Å². The fraction of sp³-hybridized carbons (Fsp3) is 0.500. The Hall–Kier alpha value is -2.71. The molecule has 0 radical (unpaired) electrons. The van der Waals surface area contributed by atoms with E-state index in [0.29, 0.717) is 19.0 Å². The number of non-ortho nitro benzene ring substituents is 1. The lowest BCUT2D eigenvalue weighted by atomic mass is 9.98. The second kappa shape index (κ2) is 6.59. The molecule has 1 heterocycles. The van der Waals surface area contributed by atoms with E-state index in [1.54, 1.807) is 4.90 Å². The molecule has 0 aliphatic carbocycles. The van der Waals surface area contributed by atoms with Crippen LogP contribution in [0.3, 0.4) is 0 Å². The molecular formula is C14H17N3O6. The standard InChI is InChI=1S/C14H17N3O6/c1-9-4-3-5-15(8-9)13-11(14(18)23-2)6-10(16(19)20)7-12(13)17(21)22/h6-7,9H,3-5,8H2,1-2H3. The van der Waals surface area contributed by atoms with Crippen LogP contribution in [0.5, 0.6) is 0 Å². The molecular weight excluding hydrogens is 306 g/mol. The Balaban J connectivity index is 2.67. The summed E-state index contributed by atoms with van der Waals surface area (Å²) in [6.07, 6.45) is 1.82. The van der Waals surface area contributed by atoms with Crippen molar-refractivity contribution in [3.05, 3.63) is 37.9 Å². The third-order valence-electron chi connectivity index (χ3n) is 3.86. The van der Waals surface area contributed by atoms with Crippen molar-refractivity contribution in [3.8, 4) is 0 Å². The molecule has 0 saturated carbocycles. The summed E-state index contributed by atoms with van der Waals surface area (Å²) in [5, 5.41) is 22.4. The van der Waals surface area contributed by atoms with Crippen molar-refractivity contribution in [2.45, 2.75) is 19.8 Å². The first-order valence-electron chi connectivity index (χ1n) is 7.15. The average molecular weight is 323 g/mol. The van der Waals surface area contributed by atoms with E-state index in [-0.39, 0.29) is 11.3 Å². The van der Waals surface area contributed by atoms with Crippen LogP contribution in [-0.4, -0.2) is 36.0 Å². The van der Waals surface area contributed by atoms with Gasteiger partial charge in [0.15, 0.2) is 0 Å². The van der Waals surface area contributed by atoms with Gasteiger partial charge in [0.2, 0.25) is 0 Å². The van der Waals surface area contributed by atoms with Gasteiger partial charge in [-0.3, -0.25) is 20.2 Å². The zero-order valence-corrected chi connectivity index (χ0v) is 12.9. The topological polar surface area (TPSA) is 116 Å². The van der Waals surface area contributed by atoms with Gasteiger partial charge >= 0.3 is 5.97 Å². The van der Waals surface area contributed by atoms with Crippen molar-refractivity contribution < 1.29 is 19.4 Å². The number of nitro benzene ring substituents is 2. The minimum Gasteiger partial charge on any atom is -0.465 e. The number of esters is 1. The van der Waals surface area contributed by atoms with Crippen molar-refractivity contribution >= 4 is 23.0 Å². The maximum absolute atomic E-state index is 12.0. The fourth-order valence-electron chi connectivity index (χ4n) is 2.84. The van der Waals surface area contributed by atoms with Crippen LogP contribution in [0.2, 0.25) is 0 Å². The quantitative estimate of drug-likeness (QED) is 0.475. The smallest absolute Gasteiger partial charge is 0.340 e. The van der Waals surface area contributed by atoms with E-state index in [1.807, 2.05) is 6.92 Å². The Kier molecular flexibility index (Phi) is 4.77. The lowest BCUT2D eigenvalue weighted by Crippen LogP contribution is -2.35. The van der Waals surface area contributed by atoms with E-state index in [1.165, 1.54) is 0 Å². The van der Waals surface area contributed by atoms with Crippen LogP contribution in [-0.2, 0) is 4.74 Å². The molecule has 23 heavy (non-hydrogen) atoms. The number of carbonyl (C=O) groups excluding carboxylic acids is 1. The van der Waals surface area contributed by atoms with Crippen LogP contribution in [0, 0.1) is 26.1 Å². The van der Waals surface area contributed by atoms with Gasteiger partial charge in [-0.25, -0.2) is 4.79 Å². The van der Waals surface area contributed by atoms with Gasteiger partial charge < -0.3 is 9.64 Å². The molecule has 1 aromatic rings. The SMILES string of the molecule is COC(=O)c1cc([N+](=O)[O-])cc([N+](=O)[O-])c1N1CCCC(C)C1. The molecule has 1 fully saturated rings. The third-order valence-corrected chi connectivity index (χ3v) is 3.86. The number of hydrogen-bond acceptors (Lipinski definition) is 7. The maximum atomic E-state index is 12.0. The predicted molar refractivity (Wildman–Crippen MR) is 81.7 cm³/mol. The number of piperidine rings is 1. The van der Waals surface area contributed by atoms with E-state index < -0.39 is 27.2 Å². The first-order valence-corrected chi connectivity index (χ1v) is 7.15. The summed E-state index contributed by atoms with van der Waals surface area (Å²) in [4.78, 5) is 34.7. The van der Waals surface area contributed by atoms with E-state index in [9.17, 15) is 25.0 Å². The van der Waals surface area contributed by atoms with Crippen molar-refractivity contribution in [3.63, 3.8) is 0 Å². The molecule has 1 unspecified atom stereocenters. The highest BCUT2D eigenvalue weighted by molar-refractivity contribution is 5.99. The van der Waals surface area contributed by atoms with Crippen molar-refractivity contribution in [2.75, 3.05) is 25.1 Å². The maximum Gasteiger partial charge on any atom is 0.340 e. The van der Waals surface area contributed by atoms with E-state index >= 15 is 0 Å². The largest absolute Gasteiger partial charge is 0.465 e. The van der Waals surface area contributed by atoms with Gasteiger partial charge in [-0.15, -0.1) is 0 Å². The molecule has 1 atom stereocenters. The van der Waals surface area contributed by atoms with E-state index in [2.05, 4.69) is 4.74 Å². The van der Waals surface area contributed by atoms with Crippen molar-refractivity contribution in [1.29, 1.82) is 0 Å². The number of methoxy groups -OCH3 is 1. The highest BCUT2D eigenvalue weighted by atomic mass is 16.6. The second-order valence-corrected chi connectivity index (χ2v) is 5.56. The zero-order chi connectivity index (χ0) is 17.1. The van der Waals surface area contributed by atoms with Crippen molar-refractivity contribution in [1.82, 2.24) is 0 Å². The molecule has 0 amide bonds. The molecule has 2 rings (SSSR count). The Labute approximate surface area is 132 Å². The molecule has 0 N–H and O–H groups in total. The molecule has 0 spiro atoms.